The quantitative estimate of drug-likeness (QED) is 0.382. The topological polar surface area (TPSA) is 17.1 Å². The molecule has 0 aliphatic heterocycles. The predicted octanol–water partition coefficient (Wildman–Crippen LogP) is 6.40. The maximum atomic E-state index is 10.9. The lowest BCUT2D eigenvalue weighted by Crippen LogP contribution is -2.01. The Bertz CT molecular complexity index is 234. The zero-order valence-corrected chi connectivity index (χ0v) is 14.7. The lowest BCUT2D eigenvalue weighted by molar-refractivity contribution is -0.117. The molecule has 0 aromatic carbocycles. The highest BCUT2D eigenvalue weighted by atomic mass is 16.1. The smallest absolute Gasteiger partial charge is 0.129 e. The number of hydrogen-bond acceptors (Lipinski definition) is 1. The molecule has 3 atom stereocenters. The van der Waals surface area contributed by atoms with Crippen LogP contribution >= 0.6 is 0 Å². The van der Waals surface area contributed by atoms with E-state index in [1.54, 1.807) is 6.92 Å². The van der Waals surface area contributed by atoms with Crippen molar-refractivity contribution >= 4 is 5.78 Å². The van der Waals surface area contributed by atoms with Crippen LogP contribution in [0.5, 0.6) is 0 Å². The third kappa shape index (κ3) is 12.7. The average molecular weight is 283 g/mol. The van der Waals surface area contributed by atoms with Crippen molar-refractivity contribution in [2.75, 3.05) is 0 Å². The van der Waals surface area contributed by atoms with E-state index in [1.807, 2.05) is 0 Å². The molecule has 0 fully saturated rings. The highest BCUT2D eigenvalue weighted by Crippen LogP contribution is 2.21. The van der Waals surface area contributed by atoms with Crippen molar-refractivity contribution in [3.05, 3.63) is 0 Å². The summed E-state index contributed by atoms with van der Waals surface area (Å²) in [4.78, 5) is 10.9. The summed E-state index contributed by atoms with van der Waals surface area (Å²) in [7, 11) is 0. The van der Waals surface area contributed by atoms with Gasteiger partial charge in [0.25, 0.3) is 0 Å². The fraction of sp³-hybridized carbons (Fsp3) is 0.947. The van der Waals surface area contributed by atoms with Gasteiger partial charge in [0.1, 0.15) is 5.78 Å². The first-order valence-electron chi connectivity index (χ1n) is 8.95. The van der Waals surface area contributed by atoms with E-state index in [2.05, 4.69) is 27.7 Å². The van der Waals surface area contributed by atoms with Crippen LogP contribution in [-0.2, 0) is 4.79 Å². The number of rotatable bonds is 13. The molecule has 0 aromatic rings. The van der Waals surface area contributed by atoms with E-state index in [-0.39, 0.29) is 0 Å². The Hall–Kier alpha value is -0.330. The number of carbonyl (C=O) groups excluding carboxylic acids is 1. The second-order valence-electron chi connectivity index (χ2n) is 7.18. The van der Waals surface area contributed by atoms with E-state index in [0.717, 1.165) is 30.6 Å². The zero-order chi connectivity index (χ0) is 15.4. The molecule has 0 aliphatic rings. The van der Waals surface area contributed by atoms with Gasteiger partial charge < -0.3 is 4.79 Å². The van der Waals surface area contributed by atoms with Crippen molar-refractivity contribution < 1.29 is 4.79 Å². The van der Waals surface area contributed by atoms with E-state index in [4.69, 9.17) is 0 Å². The molecule has 3 unspecified atom stereocenters. The minimum atomic E-state index is 0.340. The van der Waals surface area contributed by atoms with Crippen molar-refractivity contribution in [1.82, 2.24) is 0 Å². The molecule has 0 amide bonds. The second kappa shape index (κ2) is 12.4. The van der Waals surface area contributed by atoms with Crippen LogP contribution in [0.25, 0.3) is 0 Å². The summed E-state index contributed by atoms with van der Waals surface area (Å²) in [6.07, 6.45) is 12.7. The van der Waals surface area contributed by atoms with Gasteiger partial charge >= 0.3 is 0 Å². The molecule has 0 aliphatic carbocycles. The van der Waals surface area contributed by atoms with Crippen LogP contribution in [0.3, 0.4) is 0 Å². The first kappa shape index (κ1) is 19.7. The van der Waals surface area contributed by atoms with E-state index in [9.17, 15) is 4.79 Å². The van der Waals surface area contributed by atoms with E-state index < -0.39 is 0 Å². The fourth-order valence-corrected chi connectivity index (χ4v) is 2.82. The van der Waals surface area contributed by atoms with Crippen molar-refractivity contribution in [3.8, 4) is 0 Å². The standard InChI is InChI=1S/C19H38O/c1-6-16(2)10-7-11-17(3)12-8-13-18(4)14-9-15-19(5)20/h16-18H,6-15H2,1-5H3. The molecular weight excluding hydrogens is 244 g/mol. The molecule has 0 radical (unpaired) electrons. The predicted molar refractivity (Wildman–Crippen MR) is 90.0 cm³/mol. The molecule has 0 spiro atoms. The van der Waals surface area contributed by atoms with Gasteiger partial charge in [0.2, 0.25) is 0 Å². The van der Waals surface area contributed by atoms with E-state index >= 15 is 0 Å². The summed E-state index contributed by atoms with van der Waals surface area (Å²) in [5.41, 5.74) is 0. The fourth-order valence-electron chi connectivity index (χ4n) is 2.82. The van der Waals surface area contributed by atoms with Gasteiger partial charge in [0, 0.05) is 6.42 Å². The SMILES string of the molecule is CCC(C)CCCC(C)CCCC(C)CCCC(C)=O. The van der Waals surface area contributed by atoms with Crippen LogP contribution in [0.4, 0.5) is 0 Å². The second-order valence-corrected chi connectivity index (χ2v) is 7.18. The van der Waals surface area contributed by atoms with Gasteiger partial charge in [0.15, 0.2) is 0 Å². The number of ketones is 1. The molecule has 0 rings (SSSR count). The molecule has 1 nitrogen and oxygen atoms in total. The minimum Gasteiger partial charge on any atom is -0.300 e. The van der Waals surface area contributed by atoms with Crippen LogP contribution in [0.2, 0.25) is 0 Å². The van der Waals surface area contributed by atoms with Gasteiger partial charge in [-0.2, -0.15) is 0 Å². The molecule has 0 saturated carbocycles. The molecule has 0 heterocycles. The maximum Gasteiger partial charge on any atom is 0.129 e. The van der Waals surface area contributed by atoms with Crippen molar-refractivity contribution in [1.29, 1.82) is 0 Å². The van der Waals surface area contributed by atoms with Crippen molar-refractivity contribution in [3.63, 3.8) is 0 Å². The van der Waals surface area contributed by atoms with Crippen LogP contribution in [0.15, 0.2) is 0 Å². The zero-order valence-electron chi connectivity index (χ0n) is 14.7. The summed E-state index contributed by atoms with van der Waals surface area (Å²) >= 11 is 0. The van der Waals surface area contributed by atoms with Gasteiger partial charge in [-0.15, -0.1) is 0 Å². The highest BCUT2D eigenvalue weighted by Gasteiger charge is 2.07. The average Bonchev–Trinajstić information content (AvgIpc) is 2.38. The monoisotopic (exact) mass is 282 g/mol. The lowest BCUT2D eigenvalue weighted by atomic mass is 9.91. The maximum absolute atomic E-state index is 10.9. The Morgan fingerprint density at radius 3 is 1.55 bits per heavy atom. The van der Waals surface area contributed by atoms with E-state index in [0.29, 0.717) is 5.78 Å². The van der Waals surface area contributed by atoms with Crippen molar-refractivity contribution in [2.24, 2.45) is 17.8 Å². The summed E-state index contributed by atoms with van der Waals surface area (Å²) < 4.78 is 0. The third-order valence-corrected chi connectivity index (χ3v) is 4.71. The third-order valence-electron chi connectivity index (χ3n) is 4.71. The molecular formula is C19H38O. The Morgan fingerprint density at radius 1 is 0.750 bits per heavy atom. The van der Waals surface area contributed by atoms with Gasteiger partial charge in [-0.25, -0.2) is 0 Å². The highest BCUT2D eigenvalue weighted by molar-refractivity contribution is 5.75. The molecule has 0 bridgehead atoms. The Balaban J connectivity index is 3.45. The van der Waals surface area contributed by atoms with E-state index in [1.165, 1.54) is 51.4 Å². The largest absolute Gasteiger partial charge is 0.300 e. The van der Waals surface area contributed by atoms with Gasteiger partial charge in [-0.3, -0.25) is 0 Å². The number of carbonyl (C=O) groups is 1. The Kier molecular flexibility index (Phi) is 12.2. The van der Waals surface area contributed by atoms with Crippen LogP contribution in [-0.4, -0.2) is 5.78 Å². The Labute approximate surface area is 127 Å². The molecule has 0 aromatic heterocycles. The minimum absolute atomic E-state index is 0.340. The lowest BCUT2D eigenvalue weighted by Gasteiger charge is -2.15. The first-order valence-corrected chi connectivity index (χ1v) is 8.95. The first-order chi connectivity index (χ1) is 9.45. The summed E-state index contributed by atoms with van der Waals surface area (Å²) in [5.74, 6) is 2.93. The molecule has 0 saturated heterocycles. The van der Waals surface area contributed by atoms with Crippen LogP contribution < -0.4 is 0 Å². The molecule has 1 heteroatoms. The molecule has 120 valence electrons. The molecule has 20 heavy (non-hydrogen) atoms. The molecule has 0 N–H and O–H groups in total. The van der Waals surface area contributed by atoms with Crippen LogP contribution in [0, 0.1) is 17.8 Å². The van der Waals surface area contributed by atoms with Crippen molar-refractivity contribution in [2.45, 2.75) is 98.8 Å². The number of hydrogen-bond donors (Lipinski definition) is 0. The summed E-state index contributed by atoms with van der Waals surface area (Å²) in [6.45, 7) is 11.1. The van der Waals surface area contributed by atoms with Gasteiger partial charge in [-0.1, -0.05) is 79.1 Å². The summed E-state index contributed by atoms with van der Waals surface area (Å²) in [6, 6.07) is 0. The van der Waals surface area contributed by atoms with Crippen LogP contribution in [0.1, 0.15) is 98.8 Å². The van der Waals surface area contributed by atoms with Gasteiger partial charge in [0.05, 0.1) is 0 Å². The van der Waals surface area contributed by atoms with Gasteiger partial charge in [-0.05, 0) is 31.1 Å². The number of Topliss-reactive ketones (excluding diaryl/α,β-unsaturated/α-hetero) is 1. The summed E-state index contributed by atoms with van der Waals surface area (Å²) in [5, 5.41) is 0. The Morgan fingerprint density at radius 2 is 1.15 bits per heavy atom. The normalized spacial score (nSPS) is 15.8.